The number of furan rings is 1. The van der Waals surface area contributed by atoms with E-state index >= 15 is 0 Å². The fourth-order valence-corrected chi connectivity index (χ4v) is 15.1. The van der Waals surface area contributed by atoms with E-state index in [2.05, 4.69) is 253 Å². The third-order valence-electron chi connectivity index (χ3n) is 18.6. The summed E-state index contributed by atoms with van der Waals surface area (Å²) in [6, 6.07) is 94.9. The first-order chi connectivity index (χ1) is 41.7. The summed E-state index contributed by atoms with van der Waals surface area (Å²) in [5.41, 5.74) is 24.9. The van der Waals surface area contributed by atoms with Gasteiger partial charge in [0.15, 0.2) is 11.3 Å². The average molecular weight is 1070 g/mol. The first-order valence-electron chi connectivity index (χ1n) is 29.0. The Labute approximate surface area is 484 Å². The number of para-hydroxylation sites is 3. The van der Waals surface area contributed by atoms with Crippen LogP contribution < -0.4 is 63.4 Å². The quantitative estimate of drug-likeness (QED) is 0.154. The molecule has 0 spiro atoms. The molecule has 386 valence electrons. The van der Waals surface area contributed by atoms with Crippen LogP contribution in [0.3, 0.4) is 0 Å². The van der Waals surface area contributed by atoms with Crippen LogP contribution in [0.2, 0.25) is 0 Å². The second-order valence-corrected chi connectivity index (χ2v) is 22.8. The van der Waals surface area contributed by atoms with Gasteiger partial charge in [0.2, 0.25) is 0 Å². The van der Waals surface area contributed by atoms with Crippen molar-refractivity contribution in [2.24, 2.45) is 0 Å². The molecule has 6 aliphatic rings. The van der Waals surface area contributed by atoms with E-state index in [-0.39, 0.29) is 20.1 Å². The summed E-state index contributed by atoms with van der Waals surface area (Å²) in [5.74, 6) is 5.70. The van der Waals surface area contributed by atoms with Gasteiger partial charge in [-0.05, 0) is 125 Å². The van der Waals surface area contributed by atoms with E-state index in [1.807, 2.05) is 18.2 Å². The van der Waals surface area contributed by atoms with Crippen molar-refractivity contribution in [1.82, 2.24) is 4.57 Å². The summed E-state index contributed by atoms with van der Waals surface area (Å²) in [6.07, 6.45) is 0. The minimum atomic E-state index is 0.203. The van der Waals surface area contributed by atoms with Crippen LogP contribution in [-0.2, 0) is 0 Å². The highest BCUT2D eigenvalue weighted by Gasteiger charge is 2.44. The maximum atomic E-state index is 6.55. The lowest BCUT2D eigenvalue weighted by atomic mass is 9.38. The second-order valence-electron chi connectivity index (χ2n) is 22.8. The normalized spacial score (nSPS) is 13.2. The van der Waals surface area contributed by atoms with Gasteiger partial charge < -0.3 is 23.2 Å². The molecule has 0 saturated carbocycles. The van der Waals surface area contributed by atoms with Crippen LogP contribution in [-0.4, -0.2) is 24.7 Å². The highest BCUT2D eigenvalue weighted by Crippen LogP contribution is 2.42. The van der Waals surface area contributed by atoms with E-state index in [0.29, 0.717) is 0 Å². The Kier molecular flexibility index (Phi) is 9.53. The number of nitrogens with zero attached hydrogens (tertiary/aromatic N) is 1. The molecule has 0 aliphatic carbocycles. The molecule has 2 aromatic heterocycles. The van der Waals surface area contributed by atoms with Crippen molar-refractivity contribution >= 4 is 124 Å². The number of ether oxygens (including phenoxy) is 3. The zero-order chi connectivity index (χ0) is 54.7. The van der Waals surface area contributed by atoms with E-state index in [1.165, 1.54) is 115 Å². The first kappa shape index (κ1) is 46.0. The molecule has 84 heavy (non-hydrogen) atoms. The van der Waals surface area contributed by atoms with E-state index in [0.717, 1.165) is 62.1 Å². The molecular formula is C76H44B3NO4. The largest absolute Gasteiger partial charge is 0.458 e. The van der Waals surface area contributed by atoms with Gasteiger partial charge in [-0.3, -0.25) is 0 Å². The number of rotatable bonds is 1. The number of hydrogen-bond donors (Lipinski definition) is 0. The van der Waals surface area contributed by atoms with Gasteiger partial charge in [0.1, 0.15) is 34.3 Å². The zero-order valence-corrected chi connectivity index (χ0v) is 45.2. The molecule has 0 N–H and O–H groups in total. The van der Waals surface area contributed by atoms with Crippen LogP contribution in [0.1, 0.15) is 0 Å². The van der Waals surface area contributed by atoms with Crippen molar-refractivity contribution in [1.29, 1.82) is 0 Å². The predicted octanol–water partition coefficient (Wildman–Crippen LogP) is 13.0. The molecule has 0 atom stereocenters. The summed E-state index contributed by atoms with van der Waals surface area (Å²) in [4.78, 5) is 0. The Balaban J connectivity index is 0.0000000942. The van der Waals surface area contributed by atoms with Crippen LogP contribution in [0, 0.1) is 0 Å². The average Bonchev–Trinajstić information content (AvgIpc) is 2.22. The van der Waals surface area contributed by atoms with Crippen molar-refractivity contribution in [3.63, 3.8) is 0 Å². The minimum absolute atomic E-state index is 0.203. The summed E-state index contributed by atoms with van der Waals surface area (Å²) in [5, 5.41) is 7.27. The van der Waals surface area contributed by atoms with Gasteiger partial charge in [0.25, 0.3) is 20.1 Å². The van der Waals surface area contributed by atoms with Crippen molar-refractivity contribution in [2.45, 2.75) is 0 Å². The van der Waals surface area contributed by atoms with Crippen LogP contribution in [0.4, 0.5) is 0 Å². The lowest BCUT2D eigenvalue weighted by Gasteiger charge is -2.25. The molecular weight excluding hydrogens is 1020 g/mol. The Hall–Kier alpha value is -10.7. The molecule has 0 fully saturated rings. The molecule has 15 aromatic rings. The lowest BCUT2D eigenvalue weighted by molar-refractivity contribution is 0.481. The summed E-state index contributed by atoms with van der Waals surface area (Å²) in [6.45, 7) is 0.706. The maximum absolute atomic E-state index is 6.55. The molecule has 0 saturated heterocycles. The van der Waals surface area contributed by atoms with E-state index in [1.54, 1.807) is 0 Å². The van der Waals surface area contributed by atoms with Crippen molar-refractivity contribution in [3.8, 4) is 73.6 Å². The number of aromatic nitrogens is 1. The second kappa shape index (κ2) is 17.4. The Bertz CT molecular complexity index is 5320. The van der Waals surface area contributed by atoms with Crippen molar-refractivity contribution in [3.05, 3.63) is 267 Å². The topological polar surface area (TPSA) is 45.8 Å². The van der Waals surface area contributed by atoms with Crippen LogP contribution in [0.25, 0.3) is 93.6 Å². The molecule has 0 unspecified atom stereocenters. The maximum Gasteiger partial charge on any atom is 0.252 e. The van der Waals surface area contributed by atoms with Gasteiger partial charge in [-0.2, -0.15) is 0 Å². The van der Waals surface area contributed by atoms with Gasteiger partial charge in [-0.1, -0.05) is 229 Å². The SMILES string of the molecule is c1ccc2c(c1)B1c3cc4ccccc4cc3Oc3cccc-2c31.c1ccc2c(c1)B1c3ccc(-n4c5ccccc5c5ccccc54)cc3Oc3cccc-2c31.c1ccc2c(c1)B1c3ccc4c(oc5ccccc54)c3Oc3cccc-2c31. The van der Waals surface area contributed by atoms with Crippen LogP contribution >= 0.6 is 0 Å². The van der Waals surface area contributed by atoms with Gasteiger partial charge in [-0.25, -0.2) is 0 Å². The van der Waals surface area contributed by atoms with Gasteiger partial charge >= 0.3 is 0 Å². The predicted molar refractivity (Wildman–Crippen MR) is 348 cm³/mol. The minimum Gasteiger partial charge on any atom is -0.458 e. The molecule has 0 bridgehead atoms. The summed E-state index contributed by atoms with van der Waals surface area (Å²) >= 11 is 0. The molecule has 5 nitrogen and oxygen atoms in total. The molecule has 0 amide bonds. The van der Waals surface area contributed by atoms with Crippen LogP contribution in [0.5, 0.6) is 34.5 Å². The van der Waals surface area contributed by atoms with E-state index in [4.69, 9.17) is 18.6 Å². The van der Waals surface area contributed by atoms with E-state index < -0.39 is 0 Å². The van der Waals surface area contributed by atoms with Gasteiger partial charge in [-0.15, -0.1) is 0 Å². The highest BCUT2D eigenvalue weighted by atomic mass is 16.5. The lowest BCUT2D eigenvalue weighted by Crippen LogP contribution is -2.52. The molecule has 13 aromatic carbocycles. The van der Waals surface area contributed by atoms with Gasteiger partial charge in [0, 0.05) is 33.3 Å². The molecule has 6 aliphatic heterocycles. The fraction of sp³-hybridized carbons (Fsp3) is 0. The Morgan fingerprint density at radius 3 is 1.33 bits per heavy atom. The Morgan fingerprint density at radius 1 is 0.274 bits per heavy atom. The summed E-state index contributed by atoms with van der Waals surface area (Å²) in [7, 11) is 0. The van der Waals surface area contributed by atoms with Crippen molar-refractivity contribution < 1.29 is 18.6 Å². The molecule has 8 heteroatoms. The monoisotopic (exact) mass is 1070 g/mol. The summed E-state index contributed by atoms with van der Waals surface area (Å²) < 4.78 is 27.9. The standard InChI is InChI=1S/C30H18BNO.C24H13BO2.C22H13BO/c1-4-12-24-20(8-1)23-11-7-15-28-30(23)31(24)25-17-16-19(18-29(25)33-28)32-26-13-5-2-9-21(26)22-10-3-6-14-27(22)32;1-3-9-18-14(6-1)16-8-5-11-21-22(16)25(18)19-13-12-17-15-7-2-4-10-20(15)26-23(17)24(19)27-21;1-2-7-15-13-21-19(12-14(15)6-1)23-18-10-4-3-8-16(18)17-9-5-11-20(24-21)22(17)23/h1-18H;1-13H;1-13H. The van der Waals surface area contributed by atoms with Crippen molar-refractivity contribution in [2.75, 3.05) is 0 Å². The molecule has 0 radical (unpaired) electrons. The first-order valence-corrected chi connectivity index (χ1v) is 29.0. The smallest absolute Gasteiger partial charge is 0.252 e. The molecule has 8 heterocycles. The number of hydrogen-bond acceptors (Lipinski definition) is 4. The number of benzene rings is 13. The Morgan fingerprint density at radius 2 is 0.726 bits per heavy atom. The van der Waals surface area contributed by atoms with Gasteiger partial charge in [0.05, 0.1) is 11.0 Å². The fourth-order valence-electron chi connectivity index (χ4n) is 15.1. The van der Waals surface area contributed by atoms with Crippen LogP contribution in [0.15, 0.2) is 271 Å². The zero-order valence-electron chi connectivity index (χ0n) is 45.2. The third kappa shape index (κ3) is 6.42. The van der Waals surface area contributed by atoms with E-state index in [9.17, 15) is 0 Å². The number of fused-ring (bicyclic) bond motifs is 23. The molecule has 21 rings (SSSR count). The highest BCUT2D eigenvalue weighted by molar-refractivity contribution is 7.02. The third-order valence-corrected chi connectivity index (χ3v) is 18.6.